The Balaban J connectivity index is 0.703. The number of aryl methyl sites for hydroxylation is 1. The molecule has 0 bridgehead atoms. The number of nitrogens with one attached hydrogen (secondary N) is 2. The molecule has 416 valence electrons. The molecule has 17 nitrogen and oxygen atoms in total. The lowest BCUT2D eigenvalue weighted by Gasteiger charge is -2.59. The molecule has 3 aromatic carbocycles. The molecule has 6 aromatic rings. The Labute approximate surface area is 458 Å². The molecule has 23 heteroatoms. The fraction of sp³-hybridized carbons (Fsp3) is 0.446. The lowest BCUT2D eigenvalue weighted by molar-refractivity contribution is -0.172. The molecule has 2 aliphatic carbocycles. The SMILES string of the molecule is CC[C@@]1(O)C(=O)OCc2c1cc1n(c2=O)Cc2c-1nc1cc(F)c(C)c3c1c2[C@H](NC(=O)OCC(C)(C)SSC1CC2(C1)CN(Cc1ccc(-n4c(C(=O)NCC(F)(F)F)nnc4-c4cc(C(C)C)c(O)cc4O)cc1)C2)CC3. The Bertz CT molecular complexity index is 3570. The van der Waals surface area contributed by atoms with E-state index in [0.717, 1.165) is 54.1 Å². The number of alkyl halides is 3. The van der Waals surface area contributed by atoms with E-state index >= 15 is 4.39 Å². The summed E-state index contributed by atoms with van der Waals surface area (Å²) in [6, 6.07) is 12.3. The average molecular weight is 1130 g/mol. The molecular formula is C56H58F4N8O9S2. The number of phenols is 2. The number of aliphatic hydroxyl groups is 1. The van der Waals surface area contributed by atoms with E-state index in [0.29, 0.717) is 63.9 Å². The van der Waals surface area contributed by atoms with Gasteiger partial charge in [-0.2, -0.15) is 13.2 Å². The number of nitrogens with zero attached hydrogens (tertiary/aromatic N) is 6. The molecule has 79 heavy (non-hydrogen) atoms. The maximum atomic E-state index is 15.5. The molecule has 0 unspecified atom stereocenters. The minimum atomic E-state index is -4.66. The van der Waals surface area contributed by atoms with E-state index in [4.69, 9.17) is 14.5 Å². The highest BCUT2D eigenvalue weighted by Crippen LogP contribution is 2.57. The molecule has 2 fully saturated rings. The van der Waals surface area contributed by atoms with Crippen LogP contribution >= 0.6 is 21.6 Å². The van der Waals surface area contributed by atoms with Crippen LogP contribution in [0.4, 0.5) is 22.4 Å². The van der Waals surface area contributed by atoms with Gasteiger partial charge in [-0.3, -0.25) is 19.1 Å². The minimum Gasteiger partial charge on any atom is -0.508 e. The Kier molecular flexibility index (Phi) is 13.6. The van der Waals surface area contributed by atoms with Crippen molar-refractivity contribution in [3.63, 3.8) is 0 Å². The van der Waals surface area contributed by atoms with Crippen LogP contribution in [0.15, 0.2) is 53.3 Å². The van der Waals surface area contributed by atoms with Gasteiger partial charge < -0.3 is 40.0 Å². The van der Waals surface area contributed by atoms with E-state index < -0.39 is 64.3 Å². The first-order valence-corrected chi connectivity index (χ1v) is 28.4. The van der Waals surface area contributed by atoms with Crippen molar-refractivity contribution in [3.05, 3.63) is 115 Å². The standard InChI is InChI=1S/C56H58F4N8O9S2/c1-7-55(75)37-15-41-46-35(21-67(41)50(72)36(37)22-76-51(55)73)45-39(13-12-32-28(4)38(57)16-40(62-46)44(32)45)63-52(74)77-26-53(5,6)79-78-31-18-54(19-31)24-66(25-54)20-29-8-10-30(11-9-29)68-47(34-14-33(27(2)3)42(69)17-43(34)70)64-65-48(68)49(71)61-23-56(58,59)60/h8-11,14-17,27,31,39,69-70,75H,7,12-13,18-26H2,1-6H3,(H,61,71)(H,63,74)/t39-,55+/m1/s1. The fourth-order valence-corrected chi connectivity index (χ4v) is 15.0. The number of rotatable bonds is 14. The van der Waals surface area contributed by atoms with Gasteiger partial charge in [-0.05, 0) is 116 Å². The fourth-order valence-electron chi connectivity index (χ4n) is 11.9. The van der Waals surface area contributed by atoms with E-state index in [-0.39, 0.29) is 71.5 Å². The molecule has 3 aromatic heterocycles. The third-order valence-electron chi connectivity index (χ3n) is 16.0. The normalized spacial score (nSPS) is 19.4. The van der Waals surface area contributed by atoms with Gasteiger partial charge in [0.05, 0.1) is 45.4 Å². The van der Waals surface area contributed by atoms with Crippen molar-refractivity contribution in [3.8, 4) is 40.0 Å². The largest absolute Gasteiger partial charge is 0.508 e. The van der Waals surface area contributed by atoms with Crippen molar-refractivity contribution in [2.24, 2.45) is 5.41 Å². The van der Waals surface area contributed by atoms with Crippen molar-refractivity contribution < 1.29 is 56.7 Å². The number of alkyl carbamates (subject to hydrolysis) is 1. The number of cyclic esters (lactones) is 1. The van der Waals surface area contributed by atoms with Gasteiger partial charge in [-0.1, -0.05) is 54.5 Å². The zero-order chi connectivity index (χ0) is 56.2. The number of esters is 1. The first-order valence-electron chi connectivity index (χ1n) is 26.1. The second-order valence-electron chi connectivity index (χ2n) is 22.5. The van der Waals surface area contributed by atoms with Gasteiger partial charge in [0, 0.05) is 59.2 Å². The zero-order valence-corrected chi connectivity index (χ0v) is 45.8. The number of halogens is 4. The molecule has 5 aliphatic rings. The average Bonchev–Trinajstić information content (AvgIpc) is 4.10. The third kappa shape index (κ3) is 9.76. The number of pyridine rings is 2. The smallest absolute Gasteiger partial charge is 0.407 e. The predicted molar refractivity (Wildman–Crippen MR) is 287 cm³/mol. The van der Waals surface area contributed by atoms with E-state index in [1.807, 2.05) is 45.1 Å². The van der Waals surface area contributed by atoms with Crippen molar-refractivity contribution in [2.75, 3.05) is 26.2 Å². The number of likely N-dealkylation sites (tertiary alicyclic amines) is 1. The Hall–Kier alpha value is -6.69. The number of hydrogen-bond acceptors (Lipinski definition) is 15. The van der Waals surface area contributed by atoms with Crippen LogP contribution in [0.3, 0.4) is 0 Å². The van der Waals surface area contributed by atoms with Crippen LogP contribution in [-0.4, -0.2) is 105 Å². The molecule has 6 heterocycles. The van der Waals surface area contributed by atoms with Gasteiger partial charge in [-0.15, -0.1) is 10.2 Å². The third-order valence-corrected chi connectivity index (χ3v) is 19.7. The summed E-state index contributed by atoms with van der Waals surface area (Å²) in [5.74, 6) is -3.43. The molecule has 2 amide bonds. The number of carbonyl (C=O) groups excluding carboxylic acids is 3. The molecular weight excluding hydrogens is 1070 g/mol. The summed E-state index contributed by atoms with van der Waals surface area (Å²) < 4.78 is 68.3. The van der Waals surface area contributed by atoms with Crippen molar-refractivity contribution in [1.29, 1.82) is 0 Å². The number of hydrogen-bond donors (Lipinski definition) is 5. The summed E-state index contributed by atoms with van der Waals surface area (Å²) in [6.45, 7) is 11.9. The van der Waals surface area contributed by atoms with E-state index in [1.54, 1.807) is 53.6 Å². The summed E-state index contributed by atoms with van der Waals surface area (Å²) in [4.78, 5) is 60.9. The summed E-state index contributed by atoms with van der Waals surface area (Å²) in [5.41, 5.74) is 3.96. The summed E-state index contributed by atoms with van der Waals surface area (Å²) in [5, 5.41) is 46.9. The lowest BCUT2D eigenvalue weighted by Crippen LogP contribution is -2.62. The monoisotopic (exact) mass is 1130 g/mol. The number of fused-ring (bicyclic) bond motifs is 5. The number of carbonyl (C=O) groups is 3. The second kappa shape index (κ2) is 19.8. The van der Waals surface area contributed by atoms with Crippen LogP contribution in [0.5, 0.6) is 11.5 Å². The minimum absolute atomic E-state index is 0.00151. The van der Waals surface area contributed by atoms with Gasteiger partial charge in [-0.25, -0.2) is 19.0 Å². The van der Waals surface area contributed by atoms with Crippen molar-refractivity contribution >= 4 is 50.5 Å². The predicted octanol–water partition coefficient (Wildman–Crippen LogP) is 9.14. The van der Waals surface area contributed by atoms with E-state index in [2.05, 4.69) is 20.4 Å². The van der Waals surface area contributed by atoms with Crippen molar-refractivity contribution in [2.45, 2.75) is 127 Å². The number of ether oxygens (including phenoxy) is 2. The highest BCUT2D eigenvalue weighted by atomic mass is 33.1. The van der Waals surface area contributed by atoms with Crippen LogP contribution in [-0.2, 0) is 46.0 Å². The summed E-state index contributed by atoms with van der Waals surface area (Å²) >= 11 is 0. The highest BCUT2D eigenvalue weighted by Gasteiger charge is 2.53. The first kappa shape index (κ1) is 54.3. The molecule has 5 N–H and O–H groups in total. The molecule has 0 radical (unpaired) electrons. The molecule has 11 rings (SSSR count). The molecule has 1 saturated heterocycles. The number of benzene rings is 3. The number of amides is 2. The van der Waals surface area contributed by atoms with E-state index in [1.165, 1.54) is 21.3 Å². The summed E-state index contributed by atoms with van der Waals surface area (Å²) in [6.07, 6.45) is -2.33. The highest BCUT2D eigenvalue weighted by molar-refractivity contribution is 8.77. The topological polar surface area (TPSA) is 223 Å². The van der Waals surface area contributed by atoms with Crippen molar-refractivity contribution in [1.82, 2.24) is 39.8 Å². The quantitative estimate of drug-likeness (QED) is 0.0389. The molecule has 2 atom stereocenters. The van der Waals surface area contributed by atoms with Gasteiger partial charge >= 0.3 is 18.2 Å². The van der Waals surface area contributed by atoms with Gasteiger partial charge in [0.2, 0.25) is 5.82 Å². The number of phenolic OH excluding ortho intramolecular Hbond substituents is 2. The number of aromatic nitrogens is 5. The van der Waals surface area contributed by atoms with Crippen LogP contribution in [0.25, 0.3) is 39.4 Å². The Morgan fingerprint density at radius 3 is 2.43 bits per heavy atom. The summed E-state index contributed by atoms with van der Waals surface area (Å²) in [7, 11) is 3.46. The molecule has 1 spiro atoms. The first-order chi connectivity index (χ1) is 37.4. The van der Waals surface area contributed by atoms with Crippen LogP contribution in [0, 0.1) is 18.2 Å². The van der Waals surface area contributed by atoms with Gasteiger partial charge in [0.15, 0.2) is 11.4 Å². The maximum absolute atomic E-state index is 15.5. The Morgan fingerprint density at radius 2 is 1.73 bits per heavy atom. The van der Waals surface area contributed by atoms with Crippen LogP contribution in [0.2, 0.25) is 0 Å². The van der Waals surface area contributed by atoms with Gasteiger partial charge in [0.1, 0.15) is 37.1 Å². The van der Waals surface area contributed by atoms with Crippen LogP contribution < -0.4 is 16.2 Å². The second-order valence-corrected chi connectivity index (χ2v) is 25.7. The number of aromatic hydroxyl groups is 2. The lowest BCUT2D eigenvalue weighted by atomic mass is 9.63. The molecule has 3 aliphatic heterocycles. The zero-order valence-electron chi connectivity index (χ0n) is 44.1. The van der Waals surface area contributed by atoms with Gasteiger partial charge in [0.25, 0.3) is 11.5 Å². The maximum Gasteiger partial charge on any atom is 0.407 e. The Morgan fingerprint density at radius 1 is 1.00 bits per heavy atom. The van der Waals surface area contributed by atoms with Crippen LogP contribution in [0.1, 0.15) is 127 Å². The molecule has 1 saturated carbocycles. The van der Waals surface area contributed by atoms with E-state index in [9.17, 15) is 47.7 Å².